The monoisotopic (exact) mass is 320 g/mol. The first kappa shape index (κ1) is 12.2. The first-order valence-electron chi connectivity index (χ1n) is 7.53. The Morgan fingerprint density at radius 3 is 3.05 bits per heavy atom. The summed E-state index contributed by atoms with van der Waals surface area (Å²) in [6.45, 7) is 2.56. The summed E-state index contributed by atoms with van der Waals surface area (Å²) in [6.07, 6.45) is 11.4. The molecule has 1 aromatic rings. The highest BCUT2D eigenvalue weighted by atomic mass is 79.9. The van der Waals surface area contributed by atoms with Crippen molar-refractivity contribution in [1.29, 1.82) is 0 Å². The predicted molar refractivity (Wildman–Crippen MR) is 82.8 cm³/mol. The van der Waals surface area contributed by atoms with E-state index in [2.05, 4.69) is 44.6 Å². The van der Waals surface area contributed by atoms with Gasteiger partial charge in [-0.2, -0.15) is 0 Å². The van der Waals surface area contributed by atoms with Crippen LogP contribution in [0.1, 0.15) is 43.0 Å². The van der Waals surface area contributed by atoms with Gasteiger partial charge in [-0.15, -0.1) is 0 Å². The Hall–Kier alpha value is -0.540. The van der Waals surface area contributed by atoms with Crippen molar-refractivity contribution in [3.63, 3.8) is 0 Å². The molecule has 19 heavy (non-hydrogen) atoms. The molecule has 0 N–H and O–H groups in total. The molecule has 1 saturated heterocycles. The van der Waals surface area contributed by atoms with Gasteiger partial charge in [0.25, 0.3) is 0 Å². The third-order valence-corrected chi connectivity index (χ3v) is 5.74. The summed E-state index contributed by atoms with van der Waals surface area (Å²) in [7, 11) is 2.27. The predicted octanol–water partition coefficient (Wildman–Crippen LogP) is 1.84. The smallest absolute Gasteiger partial charge is 0.0503 e. The van der Waals surface area contributed by atoms with Gasteiger partial charge in [-0.1, -0.05) is 28.4 Å². The third kappa shape index (κ3) is 1.78. The van der Waals surface area contributed by atoms with E-state index >= 15 is 0 Å². The lowest BCUT2D eigenvalue weighted by Crippen LogP contribution is -2.40. The van der Waals surface area contributed by atoms with Crippen molar-refractivity contribution >= 4 is 28.1 Å². The molecule has 1 fully saturated rings. The van der Waals surface area contributed by atoms with Crippen LogP contribution in [0.25, 0.3) is 12.2 Å². The molecule has 3 heterocycles. The van der Waals surface area contributed by atoms with Gasteiger partial charge in [0, 0.05) is 29.5 Å². The van der Waals surface area contributed by atoms with Crippen LogP contribution in [0.5, 0.6) is 0 Å². The normalized spacial score (nSPS) is 29.8. The van der Waals surface area contributed by atoms with E-state index in [1.165, 1.54) is 44.1 Å². The van der Waals surface area contributed by atoms with Crippen molar-refractivity contribution < 1.29 is 0 Å². The van der Waals surface area contributed by atoms with Crippen molar-refractivity contribution in [1.82, 2.24) is 9.47 Å². The molecular weight excluding hydrogens is 300 g/mol. The van der Waals surface area contributed by atoms with Gasteiger partial charge in [-0.3, -0.25) is 4.90 Å². The summed E-state index contributed by atoms with van der Waals surface area (Å²) in [5, 5.41) is 2.99. The van der Waals surface area contributed by atoms with Gasteiger partial charge < -0.3 is 4.57 Å². The molecule has 3 heteroatoms. The zero-order valence-corrected chi connectivity index (χ0v) is 13.1. The van der Waals surface area contributed by atoms with Gasteiger partial charge in [-0.25, -0.2) is 0 Å². The molecule has 0 spiro atoms. The van der Waals surface area contributed by atoms with Crippen LogP contribution >= 0.6 is 15.9 Å². The van der Waals surface area contributed by atoms with Crippen LogP contribution in [0.4, 0.5) is 0 Å². The molecule has 2 atom stereocenters. The SMILES string of the molecule is Cn1c2c(c3c1=CC(Br)CC=3)CCN1CCCCC21. The Morgan fingerprint density at radius 2 is 2.16 bits per heavy atom. The van der Waals surface area contributed by atoms with Gasteiger partial charge in [-0.05, 0) is 49.1 Å². The second-order valence-electron chi connectivity index (χ2n) is 6.14. The minimum Gasteiger partial charge on any atom is -0.346 e. The van der Waals surface area contributed by atoms with E-state index in [9.17, 15) is 0 Å². The highest BCUT2D eigenvalue weighted by Crippen LogP contribution is 2.35. The summed E-state index contributed by atoms with van der Waals surface area (Å²) in [4.78, 5) is 3.22. The minimum atomic E-state index is 0.512. The maximum absolute atomic E-state index is 3.74. The highest BCUT2D eigenvalue weighted by molar-refractivity contribution is 9.09. The molecule has 0 radical (unpaired) electrons. The van der Waals surface area contributed by atoms with E-state index in [1.807, 2.05) is 0 Å². The van der Waals surface area contributed by atoms with Gasteiger partial charge >= 0.3 is 0 Å². The van der Waals surface area contributed by atoms with E-state index in [1.54, 1.807) is 16.5 Å². The molecule has 3 aliphatic rings. The molecule has 2 nitrogen and oxygen atoms in total. The minimum absolute atomic E-state index is 0.512. The zero-order chi connectivity index (χ0) is 13.0. The first-order valence-corrected chi connectivity index (χ1v) is 8.45. The van der Waals surface area contributed by atoms with Crippen molar-refractivity contribution in [3.05, 3.63) is 21.8 Å². The summed E-state index contributed by atoms with van der Waals surface area (Å²) in [6, 6.07) is 0.684. The summed E-state index contributed by atoms with van der Waals surface area (Å²) in [5.74, 6) is 0. The Morgan fingerprint density at radius 1 is 1.26 bits per heavy atom. The van der Waals surface area contributed by atoms with Crippen molar-refractivity contribution in [2.45, 2.75) is 43.0 Å². The van der Waals surface area contributed by atoms with Gasteiger partial charge in [0.15, 0.2) is 0 Å². The number of hydrogen-bond acceptors (Lipinski definition) is 1. The van der Waals surface area contributed by atoms with Crippen LogP contribution < -0.4 is 10.6 Å². The summed E-state index contributed by atoms with van der Waals surface area (Å²) < 4.78 is 2.48. The Labute approximate surface area is 122 Å². The Bertz CT molecular complexity index is 628. The number of fused-ring (bicyclic) bond motifs is 5. The summed E-state index contributed by atoms with van der Waals surface area (Å²) >= 11 is 3.74. The largest absolute Gasteiger partial charge is 0.346 e. The molecule has 0 aromatic carbocycles. The molecule has 2 aliphatic heterocycles. The number of nitrogens with zero attached hydrogens (tertiary/aromatic N) is 2. The number of hydrogen-bond donors (Lipinski definition) is 0. The number of alkyl halides is 1. The second kappa shape index (κ2) is 4.49. The van der Waals surface area contributed by atoms with Crippen molar-refractivity contribution in [2.75, 3.05) is 13.1 Å². The Kier molecular flexibility index (Phi) is 2.89. The van der Waals surface area contributed by atoms with E-state index in [-0.39, 0.29) is 0 Å². The van der Waals surface area contributed by atoms with Crippen LogP contribution in [0.15, 0.2) is 0 Å². The molecule has 1 aromatic heterocycles. The third-order valence-electron chi connectivity index (χ3n) is 5.10. The van der Waals surface area contributed by atoms with Crippen LogP contribution in [-0.2, 0) is 13.5 Å². The molecule has 0 amide bonds. The molecule has 2 unspecified atom stereocenters. The quantitative estimate of drug-likeness (QED) is 0.662. The van der Waals surface area contributed by atoms with Crippen LogP contribution in [-0.4, -0.2) is 27.4 Å². The molecule has 1 aliphatic carbocycles. The van der Waals surface area contributed by atoms with Crippen LogP contribution in [0.2, 0.25) is 0 Å². The lowest BCUT2D eigenvalue weighted by atomic mass is 9.91. The first-order chi connectivity index (χ1) is 9.25. The Balaban J connectivity index is 1.94. The average molecular weight is 321 g/mol. The van der Waals surface area contributed by atoms with E-state index in [4.69, 9.17) is 0 Å². The molecular formula is C16H21BrN2. The number of piperidine rings is 1. The van der Waals surface area contributed by atoms with Gasteiger partial charge in [0.1, 0.15) is 0 Å². The average Bonchev–Trinajstić information content (AvgIpc) is 2.72. The molecule has 0 bridgehead atoms. The lowest BCUT2D eigenvalue weighted by Gasteiger charge is -2.40. The van der Waals surface area contributed by atoms with E-state index in [0.717, 1.165) is 6.42 Å². The van der Waals surface area contributed by atoms with Crippen LogP contribution in [0.3, 0.4) is 0 Å². The lowest BCUT2D eigenvalue weighted by molar-refractivity contribution is 0.132. The maximum atomic E-state index is 3.74. The number of rotatable bonds is 0. The second-order valence-corrected chi connectivity index (χ2v) is 7.32. The molecule has 4 rings (SSSR count). The fourth-order valence-electron chi connectivity index (χ4n) is 4.22. The van der Waals surface area contributed by atoms with E-state index in [0.29, 0.717) is 10.9 Å². The standard InChI is InChI=1S/C16H21BrN2/c1-18-15-10-11(17)5-6-12(15)13-7-9-19-8-3-2-4-14(19)16(13)18/h6,10-11,14H,2-5,7-9H2,1H3. The van der Waals surface area contributed by atoms with Crippen LogP contribution in [0, 0.1) is 0 Å². The van der Waals surface area contributed by atoms with Gasteiger partial charge in [0.05, 0.1) is 6.04 Å². The zero-order valence-electron chi connectivity index (χ0n) is 11.5. The fourth-order valence-corrected chi connectivity index (χ4v) is 4.65. The molecule has 0 saturated carbocycles. The topological polar surface area (TPSA) is 8.17 Å². The highest BCUT2D eigenvalue weighted by Gasteiger charge is 2.33. The summed E-state index contributed by atoms with van der Waals surface area (Å²) in [5.41, 5.74) is 3.27. The van der Waals surface area contributed by atoms with E-state index < -0.39 is 0 Å². The fraction of sp³-hybridized carbons (Fsp3) is 0.625. The number of aromatic nitrogens is 1. The van der Waals surface area contributed by atoms with Gasteiger partial charge in [0.2, 0.25) is 0 Å². The number of halogens is 1. The maximum Gasteiger partial charge on any atom is 0.0503 e. The molecule has 102 valence electrons. The van der Waals surface area contributed by atoms with Crippen molar-refractivity contribution in [3.8, 4) is 0 Å². The van der Waals surface area contributed by atoms with Crippen molar-refractivity contribution in [2.24, 2.45) is 7.05 Å².